The molecule has 0 radical (unpaired) electrons. The molecule has 0 aliphatic carbocycles. The van der Waals surface area contributed by atoms with Gasteiger partial charge in [-0.1, -0.05) is 30.3 Å². The number of para-hydroxylation sites is 1. The maximum atomic E-state index is 13.7. The van der Waals surface area contributed by atoms with E-state index in [1.165, 1.54) is 5.56 Å². The van der Waals surface area contributed by atoms with Crippen molar-refractivity contribution < 1.29 is 9.50 Å². The van der Waals surface area contributed by atoms with Gasteiger partial charge in [0.05, 0.1) is 0 Å². The third-order valence-electron chi connectivity index (χ3n) is 5.10. The molecule has 0 aromatic heterocycles. The van der Waals surface area contributed by atoms with Crippen molar-refractivity contribution in [2.75, 3.05) is 25.0 Å². The third kappa shape index (κ3) is 4.80. The summed E-state index contributed by atoms with van der Waals surface area (Å²) in [6.45, 7) is 5.66. The monoisotopic (exact) mass is 342 g/mol. The maximum Gasteiger partial charge on any atom is 0.126 e. The number of hydrogen-bond acceptors (Lipinski definition) is 3. The van der Waals surface area contributed by atoms with E-state index < -0.39 is 0 Å². The second-order valence-corrected chi connectivity index (χ2v) is 7.00. The third-order valence-corrected chi connectivity index (χ3v) is 5.10. The molecule has 3 nitrogen and oxygen atoms in total. The van der Waals surface area contributed by atoms with Crippen LogP contribution in [0.2, 0.25) is 0 Å². The summed E-state index contributed by atoms with van der Waals surface area (Å²) in [4.78, 5) is 2.44. The predicted octanol–water partition coefficient (Wildman–Crippen LogP) is 3.95. The topological polar surface area (TPSA) is 35.5 Å². The summed E-state index contributed by atoms with van der Waals surface area (Å²) < 4.78 is 13.7. The van der Waals surface area contributed by atoms with Crippen molar-refractivity contribution in [2.45, 2.75) is 32.9 Å². The van der Waals surface area contributed by atoms with Crippen LogP contribution in [-0.4, -0.2) is 29.7 Å². The molecule has 1 saturated heterocycles. The number of piperidine rings is 1. The summed E-state index contributed by atoms with van der Waals surface area (Å²) in [6.07, 6.45) is 2.13. The number of rotatable bonds is 6. The van der Waals surface area contributed by atoms with E-state index in [-0.39, 0.29) is 5.82 Å². The molecule has 25 heavy (non-hydrogen) atoms. The highest BCUT2D eigenvalue weighted by atomic mass is 19.1. The zero-order valence-electron chi connectivity index (χ0n) is 14.8. The van der Waals surface area contributed by atoms with Gasteiger partial charge < -0.3 is 10.4 Å². The number of nitrogens with one attached hydrogen (secondary N) is 1. The molecule has 3 rings (SSSR count). The van der Waals surface area contributed by atoms with E-state index in [1.807, 2.05) is 18.2 Å². The lowest BCUT2D eigenvalue weighted by Crippen LogP contribution is -2.34. The minimum absolute atomic E-state index is 0.153. The Balaban J connectivity index is 1.61. The minimum Gasteiger partial charge on any atom is -0.396 e. The molecule has 2 aromatic rings. The molecule has 134 valence electrons. The van der Waals surface area contributed by atoms with Crippen molar-refractivity contribution in [1.29, 1.82) is 0 Å². The van der Waals surface area contributed by atoms with Crippen molar-refractivity contribution in [1.82, 2.24) is 4.90 Å². The summed E-state index contributed by atoms with van der Waals surface area (Å²) in [5.41, 5.74) is 3.99. The van der Waals surface area contributed by atoms with Crippen LogP contribution in [0.5, 0.6) is 0 Å². The molecular weight excluding hydrogens is 315 g/mol. The molecule has 0 spiro atoms. The van der Waals surface area contributed by atoms with Gasteiger partial charge in [0.15, 0.2) is 0 Å². The van der Waals surface area contributed by atoms with Gasteiger partial charge in [-0.2, -0.15) is 0 Å². The summed E-state index contributed by atoms with van der Waals surface area (Å²) >= 11 is 0. The summed E-state index contributed by atoms with van der Waals surface area (Å²) in [6, 6.07) is 13.7. The standard InChI is InChI=1S/C21H27FN2O/c1-16-6-7-18(12-20(16)22)13-23-21-5-3-2-4-19(21)14-24-10-8-17(15-25)9-11-24/h2-7,12,17,23,25H,8-11,13-15H2,1H3. The molecule has 1 fully saturated rings. The molecule has 0 atom stereocenters. The van der Waals surface area contributed by atoms with Gasteiger partial charge in [0.1, 0.15) is 5.82 Å². The highest BCUT2D eigenvalue weighted by Gasteiger charge is 2.19. The fourth-order valence-electron chi connectivity index (χ4n) is 3.34. The van der Waals surface area contributed by atoms with E-state index in [4.69, 9.17) is 0 Å². The van der Waals surface area contributed by atoms with E-state index in [1.54, 1.807) is 13.0 Å². The smallest absolute Gasteiger partial charge is 0.126 e. The Morgan fingerprint density at radius 1 is 1.16 bits per heavy atom. The first-order valence-corrected chi connectivity index (χ1v) is 9.05. The normalized spacial score (nSPS) is 16.1. The Morgan fingerprint density at radius 3 is 2.64 bits per heavy atom. The minimum atomic E-state index is -0.153. The van der Waals surface area contributed by atoms with Crippen LogP contribution in [0.15, 0.2) is 42.5 Å². The number of hydrogen-bond donors (Lipinski definition) is 2. The van der Waals surface area contributed by atoms with E-state index in [0.717, 1.165) is 43.7 Å². The fraction of sp³-hybridized carbons (Fsp3) is 0.429. The van der Waals surface area contributed by atoms with Gasteiger partial charge >= 0.3 is 0 Å². The van der Waals surface area contributed by atoms with Gasteiger partial charge in [0.2, 0.25) is 0 Å². The average molecular weight is 342 g/mol. The van der Waals surface area contributed by atoms with Crippen molar-refractivity contribution in [3.63, 3.8) is 0 Å². The molecule has 0 amide bonds. The molecule has 1 aliphatic rings. The largest absolute Gasteiger partial charge is 0.396 e. The van der Waals surface area contributed by atoms with Crippen molar-refractivity contribution in [3.8, 4) is 0 Å². The van der Waals surface area contributed by atoms with Gasteiger partial charge in [-0.15, -0.1) is 0 Å². The molecule has 0 saturated carbocycles. The van der Waals surface area contributed by atoms with Crippen LogP contribution in [-0.2, 0) is 13.1 Å². The number of aliphatic hydroxyl groups excluding tert-OH is 1. The Bertz CT molecular complexity index is 696. The molecule has 1 aliphatic heterocycles. The van der Waals surface area contributed by atoms with Gasteiger partial charge in [-0.3, -0.25) is 4.90 Å². The van der Waals surface area contributed by atoms with Crippen molar-refractivity contribution >= 4 is 5.69 Å². The molecule has 2 aromatic carbocycles. The number of nitrogens with zero attached hydrogens (tertiary/aromatic N) is 1. The van der Waals surface area contributed by atoms with Crippen LogP contribution < -0.4 is 5.32 Å². The predicted molar refractivity (Wildman–Crippen MR) is 100.0 cm³/mol. The van der Waals surface area contributed by atoms with Crippen molar-refractivity contribution in [3.05, 3.63) is 65.0 Å². The van der Waals surface area contributed by atoms with Crippen LogP contribution in [0.4, 0.5) is 10.1 Å². The molecule has 4 heteroatoms. The maximum absolute atomic E-state index is 13.7. The summed E-state index contributed by atoms with van der Waals surface area (Å²) in [5, 5.41) is 12.7. The first-order valence-electron chi connectivity index (χ1n) is 9.05. The SMILES string of the molecule is Cc1ccc(CNc2ccccc2CN2CCC(CO)CC2)cc1F. The van der Waals surface area contributed by atoms with Crippen LogP contribution in [0, 0.1) is 18.7 Å². The lowest BCUT2D eigenvalue weighted by Gasteiger charge is -2.31. The van der Waals surface area contributed by atoms with Gasteiger partial charge in [0, 0.05) is 25.4 Å². The zero-order chi connectivity index (χ0) is 17.6. The van der Waals surface area contributed by atoms with Crippen LogP contribution >= 0.6 is 0 Å². The second kappa shape index (κ2) is 8.45. The molecule has 0 unspecified atom stereocenters. The first kappa shape index (κ1) is 17.9. The van der Waals surface area contributed by atoms with Crippen LogP contribution in [0.1, 0.15) is 29.5 Å². The van der Waals surface area contributed by atoms with Gasteiger partial charge in [0.25, 0.3) is 0 Å². The quantitative estimate of drug-likeness (QED) is 0.834. The Morgan fingerprint density at radius 2 is 1.92 bits per heavy atom. The lowest BCUT2D eigenvalue weighted by atomic mass is 9.97. The van der Waals surface area contributed by atoms with Crippen LogP contribution in [0.3, 0.4) is 0 Å². The number of anilines is 1. The van der Waals surface area contributed by atoms with E-state index >= 15 is 0 Å². The molecular formula is C21H27FN2O. The number of benzene rings is 2. The fourth-order valence-corrected chi connectivity index (χ4v) is 3.34. The zero-order valence-corrected chi connectivity index (χ0v) is 14.8. The molecule has 2 N–H and O–H groups in total. The highest BCUT2D eigenvalue weighted by molar-refractivity contribution is 5.51. The van der Waals surface area contributed by atoms with E-state index in [2.05, 4.69) is 28.4 Å². The van der Waals surface area contributed by atoms with E-state index in [0.29, 0.717) is 24.6 Å². The lowest BCUT2D eigenvalue weighted by molar-refractivity contribution is 0.127. The Kier molecular flexibility index (Phi) is 6.05. The molecule has 1 heterocycles. The first-order chi connectivity index (χ1) is 12.2. The number of aliphatic hydroxyl groups is 1. The summed E-state index contributed by atoms with van der Waals surface area (Å²) in [5.74, 6) is 0.306. The number of halogens is 1. The Hall–Kier alpha value is -1.91. The van der Waals surface area contributed by atoms with E-state index in [9.17, 15) is 9.50 Å². The highest BCUT2D eigenvalue weighted by Crippen LogP contribution is 2.22. The summed E-state index contributed by atoms with van der Waals surface area (Å²) in [7, 11) is 0. The van der Waals surface area contributed by atoms with Gasteiger partial charge in [-0.05, 0) is 67.6 Å². The number of aryl methyl sites for hydroxylation is 1. The van der Waals surface area contributed by atoms with Gasteiger partial charge in [-0.25, -0.2) is 4.39 Å². The Labute approximate surface area is 149 Å². The molecule has 0 bridgehead atoms. The number of likely N-dealkylation sites (tertiary alicyclic amines) is 1. The van der Waals surface area contributed by atoms with Crippen LogP contribution in [0.25, 0.3) is 0 Å². The second-order valence-electron chi connectivity index (χ2n) is 7.00. The van der Waals surface area contributed by atoms with Crippen molar-refractivity contribution in [2.24, 2.45) is 5.92 Å². The average Bonchev–Trinajstić information content (AvgIpc) is 2.64.